The quantitative estimate of drug-likeness (QED) is 0.220. The molecule has 0 aliphatic carbocycles. The lowest BCUT2D eigenvalue weighted by Gasteiger charge is -2.33. The SMILES string of the molecule is CN(C(=O)OC(C)(C)C)[C@@H](CCCCN(Cc1ccccc1)C(=O)O)C(=O)N(Cc1cccs1)Cc1cccs1. The molecule has 3 rings (SSSR count). The minimum absolute atomic E-state index is 0.158. The number of ether oxygens (including phenoxy) is 1. The fourth-order valence-electron chi connectivity index (χ4n) is 4.23. The maximum Gasteiger partial charge on any atom is 0.410 e. The first-order valence-electron chi connectivity index (χ1n) is 13.3. The van der Waals surface area contributed by atoms with Gasteiger partial charge in [0.2, 0.25) is 5.91 Å². The molecule has 0 aliphatic heterocycles. The zero-order valence-corrected chi connectivity index (χ0v) is 25.2. The number of unbranched alkanes of at least 4 members (excludes halogenated alkanes) is 1. The lowest BCUT2D eigenvalue weighted by molar-refractivity contribution is -0.138. The largest absolute Gasteiger partial charge is 0.465 e. The molecule has 2 heterocycles. The first-order chi connectivity index (χ1) is 19.0. The smallest absolute Gasteiger partial charge is 0.410 e. The highest BCUT2D eigenvalue weighted by Gasteiger charge is 2.33. The molecule has 0 bridgehead atoms. The normalized spacial score (nSPS) is 12.0. The Hall–Kier alpha value is -3.37. The van der Waals surface area contributed by atoms with Gasteiger partial charge in [-0.2, -0.15) is 0 Å². The first kappa shape index (κ1) is 31.2. The van der Waals surface area contributed by atoms with Crippen molar-refractivity contribution in [1.82, 2.24) is 14.7 Å². The third kappa shape index (κ3) is 9.98. The summed E-state index contributed by atoms with van der Waals surface area (Å²) in [5.41, 5.74) is 0.215. The minimum Gasteiger partial charge on any atom is -0.465 e. The summed E-state index contributed by atoms with van der Waals surface area (Å²) < 4.78 is 5.60. The van der Waals surface area contributed by atoms with Crippen LogP contribution in [0.15, 0.2) is 65.4 Å². The molecule has 3 amide bonds. The number of carbonyl (C=O) groups is 3. The summed E-state index contributed by atoms with van der Waals surface area (Å²) in [6.45, 7) is 6.89. The Morgan fingerprint density at radius 1 is 0.850 bits per heavy atom. The van der Waals surface area contributed by atoms with Crippen molar-refractivity contribution < 1.29 is 24.2 Å². The number of carbonyl (C=O) groups excluding carboxylic acids is 2. The monoisotopic (exact) mass is 585 g/mol. The van der Waals surface area contributed by atoms with Crippen LogP contribution in [0.3, 0.4) is 0 Å². The van der Waals surface area contributed by atoms with E-state index in [0.29, 0.717) is 45.4 Å². The van der Waals surface area contributed by atoms with Crippen molar-refractivity contribution in [2.75, 3.05) is 13.6 Å². The zero-order valence-electron chi connectivity index (χ0n) is 23.6. The number of hydrogen-bond donors (Lipinski definition) is 1. The van der Waals surface area contributed by atoms with Crippen LogP contribution in [0.5, 0.6) is 0 Å². The molecule has 1 N–H and O–H groups in total. The van der Waals surface area contributed by atoms with E-state index >= 15 is 0 Å². The molecule has 0 fully saturated rings. The Labute approximate surface area is 244 Å². The van der Waals surface area contributed by atoms with Gasteiger partial charge in [0.25, 0.3) is 0 Å². The van der Waals surface area contributed by atoms with E-state index in [1.165, 1.54) is 9.80 Å². The Morgan fingerprint density at radius 3 is 1.95 bits per heavy atom. The molecule has 1 aromatic carbocycles. The van der Waals surface area contributed by atoms with Gasteiger partial charge in [-0.3, -0.25) is 9.69 Å². The van der Waals surface area contributed by atoms with Gasteiger partial charge in [0, 0.05) is 29.9 Å². The Morgan fingerprint density at radius 2 is 1.45 bits per heavy atom. The highest BCUT2D eigenvalue weighted by Crippen LogP contribution is 2.22. The van der Waals surface area contributed by atoms with Crippen LogP contribution in [0.1, 0.15) is 55.4 Å². The standard InChI is InChI=1S/C30H39N3O5S2/c1-30(2,3)38-29(37)31(4)26(16-8-9-17-32(28(35)36)20-23-12-6-5-7-13-23)27(34)33(21-24-14-10-18-39-24)22-25-15-11-19-40-25/h5-7,10-15,18-19,26H,8-9,16-17,20-22H2,1-4H3,(H,35,36)/t26-/m0/s1. The lowest BCUT2D eigenvalue weighted by Crippen LogP contribution is -2.50. The average molecular weight is 586 g/mol. The van der Waals surface area contributed by atoms with E-state index in [1.807, 2.05) is 65.4 Å². The van der Waals surface area contributed by atoms with Crippen LogP contribution < -0.4 is 0 Å². The predicted octanol–water partition coefficient (Wildman–Crippen LogP) is 6.92. The molecule has 0 saturated heterocycles. The van der Waals surface area contributed by atoms with E-state index in [0.717, 1.165) is 15.3 Å². The number of benzene rings is 1. The van der Waals surface area contributed by atoms with Gasteiger partial charge in [0.05, 0.1) is 13.1 Å². The average Bonchev–Trinajstić information content (AvgIpc) is 3.61. The maximum atomic E-state index is 14.1. The molecule has 1 atom stereocenters. The summed E-state index contributed by atoms with van der Waals surface area (Å²) in [5.74, 6) is -0.158. The fraction of sp³-hybridized carbons (Fsp3) is 0.433. The molecule has 0 aliphatic rings. The van der Waals surface area contributed by atoms with E-state index in [1.54, 1.807) is 55.4 Å². The molecule has 3 aromatic rings. The van der Waals surface area contributed by atoms with Gasteiger partial charge in [-0.1, -0.05) is 42.5 Å². The van der Waals surface area contributed by atoms with Crippen molar-refractivity contribution >= 4 is 40.8 Å². The fourth-order valence-corrected chi connectivity index (χ4v) is 5.67. The van der Waals surface area contributed by atoms with E-state index < -0.39 is 23.8 Å². The Bertz CT molecular complexity index is 1160. The molecule has 10 heteroatoms. The van der Waals surface area contributed by atoms with Crippen molar-refractivity contribution in [2.45, 2.75) is 71.3 Å². The van der Waals surface area contributed by atoms with E-state index in [4.69, 9.17) is 4.74 Å². The summed E-state index contributed by atoms with van der Waals surface area (Å²) in [7, 11) is 1.60. The van der Waals surface area contributed by atoms with Crippen LogP contribution in [0.25, 0.3) is 0 Å². The number of carboxylic acid groups (broad SMARTS) is 1. The van der Waals surface area contributed by atoms with E-state index in [-0.39, 0.29) is 5.91 Å². The Kier molecular flexibility index (Phi) is 11.6. The second-order valence-corrected chi connectivity index (χ2v) is 12.7. The zero-order chi connectivity index (χ0) is 29.1. The second-order valence-electron chi connectivity index (χ2n) is 10.6. The number of thiophene rings is 2. The van der Waals surface area contributed by atoms with E-state index in [2.05, 4.69) is 0 Å². The Balaban J connectivity index is 1.74. The van der Waals surface area contributed by atoms with Crippen molar-refractivity contribution in [3.05, 3.63) is 80.7 Å². The summed E-state index contributed by atoms with van der Waals surface area (Å²) in [5, 5.41) is 13.7. The van der Waals surface area contributed by atoms with Crippen molar-refractivity contribution in [3.63, 3.8) is 0 Å². The summed E-state index contributed by atoms with van der Waals surface area (Å²) >= 11 is 3.17. The highest BCUT2D eigenvalue weighted by molar-refractivity contribution is 7.10. The lowest BCUT2D eigenvalue weighted by atomic mass is 10.1. The van der Waals surface area contributed by atoms with Crippen molar-refractivity contribution in [1.29, 1.82) is 0 Å². The summed E-state index contributed by atoms with van der Waals surface area (Å²) in [4.78, 5) is 45.6. The van der Waals surface area contributed by atoms with E-state index in [9.17, 15) is 19.5 Å². The molecular weight excluding hydrogens is 546 g/mol. The van der Waals surface area contributed by atoms with Gasteiger partial charge in [0.1, 0.15) is 11.6 Å². The molecule has 0 radical (unpaired) electrons. The second kappa shape index (κ2) is 14.9. The number of rotatable bonds is 13. The van der Waals surface area contributed by atoms with Gasteiger partial charge >= 0.3 is 12.2 Å². The van der Waals surface area contributed by atoms with Crippen LogP contribution in [-0.4, -0.2) is 63.1 Å². The number of nitrogens with zero attached hydrogens (tertiary/aromatic N) is 3. The van der Waals surface area contributed by atoms with Crippen LogP contribution >= 0.6 is 22.7 Å². The van der Waals surface area contributed by atoms with Crippen molar-refractivity contribution in [2.24, 2.45) is 0 Å². The molecule has 0 saturated carbocycles. The van der Waals surface area contributed by atoms with Gasteiger partial charge in [-0.25, -0.2) is 9.59 Å². The number of likely N-dealkylation sites (N-methyl/N-ethyl adjacent to an activating group) is 1. The van der Waals surface area contributed by atoms with Gasteiger partial charge in [-0.15, -0.1) is 22.7 Å². The minimum atomic E-state index is -0.986. The van der Waals surface area contributed by atoms with Crippen LogP contribution in [0.2, 0.25) is 0 Å². The highest BCUT2D eigenvalue weighted by atomic mass is 32.1. The molecular formula is C30H39N3O5S2. The number of amides is 3. The molecule has 40 heavy (non-hydrogen) atoms. The van der Waals surface area contributed by atoms with Crippen LogP contribution in [0, 0.1) is 0 Å². The van der Waals surface area contributed by atoms with Crippen molar-refractivity contribution in [3.8, 4) is 0 Å². The molecule has 216 valence electrons. The van der Waals surface area contributed by atoms with Gasteiger partial charge in [-0.05, 0) is 68.5 Å². The first-order valence-corrected chi connectivity index (χ1v) is 15.1. The third-order valence-electron chi connectivity index (χ3n) is 6.24. The maximum absolute atomic E-state index is 14.1. The third-order valence-corrected chi connectivity index (χ3v) is 7.96. The topological polar surface area (TPSA) is 90.4 Å². The van der Waals surface area contributed by atoms with Gasteiger partial charge in [0.15, 0.2) is 0 Å². The van der Waals surface area contributed by atoms with Crippen LogP contribution in [-0.2, 0) is 29.2 Å². The summed E-state index contributed by atoms with van der Waals surface area (Å²) in [6.07, 6.45) is -0.0390. The van der Waals surface area contributed by atoms with Gasteiger partial charge < -0.3 is 19.6 Å². The number of hydrogen-bond acceptors (Lipinski definition) is 6. The predicted molar refractivity (Wildman–Crippen MR) is 159 cm³/mol. The molecule has 0 spiro atoms. The molecule has 0 unspecified atom stereocenters. The summed E-state index contributed by atoms with van der Waals surface area (Å²) in [6, 6.07) is 16.6. The molecule has 2 aromatic heterocycles. The van der Waals surface area contributed by atoms with Crippen LogP contribution in [0.4, 0.5) is 9.59 Å². The molecule has 8 nitrogen and oxygen atoms in total.